The Morgan fingerprint density at radius 1 is 1.75 bits per heavy atom. The molecule has 2 heteroatoms. The van der Waals surface area contributed by atoms with Gasteiger partial charge >= 0.3 is 0 Å². The Morgan fingerprint density at radius 3 is 1.75 bits per heavy atom. The van der Waals surface area contributed by atoms with E-state index in [9.17, 15) is 0 Å². The van der Waals surface area contributed by atoms with Gasteiger partial charge in [0.25, 0.3) is 0 Å². The van der Waals surface area contributed by atoms with Crippen LogP contribution < -0.4 is 5.73 Å². The van der Waals surface area contributed by atoms with Gasteiger partial charge in [0.1, 0.15) is 0 Å². The van der Waals surface area contributed by atoms with Crippen LogP contribution in [0.2, 0.25) is 0 Å². The molecule has 0 radical (unpaired) electrons. The second-order valence-corrected chi connectivity index (χ2v) is 0.192. The molecule has 2 N–H and O–H groups in total. The molecule has 4 heavy (non-hydrogen) atoms. The Bertz CT molecular complexity index is 13.5. The van der Waals surface area contributed by atoms with Crippen molar-refractivity contribution in [2.45, 2.75) is 0 Å². The van der Waals surface area contributed by atoms with Crippen LogP contribution in [-0.2, 0) is 21.1 Å². The van der Waals surface area contributed by atoms with Crippen molar-refractivity contribution < 1.29 is 21.1 Å². The fraction of sp³-hybridized carbons (Fsp3) is 0. The third-order valence-electron chi connectivity index (χ3n) is 0. The van der Waals surface area contributed by atoms with Crippen LogP contribution in [0, 0.1) is 6.58 Å². The minimum Gasteiger partial charge on any atom is -0.497 e. The normalized spacial score (nSPS) is 3.00. The summed E-state index contributed by atoms with van der Waals surface area (Å²) in [6.45, 7) is 4.50. The summed E-state index contributed by atoms with van der Waals surface area (Å²) < 4.78 is 0. The molecule has 0 aromatic carbocycles. The molecule has 0 aliphatic heterocycles. The van der Waals surface area contributed by atoms with E-state index in [1.807, 2.05) is 0 Å². The Balaban J connectivity index is 0. The van der Waals surface area contributed by atoms with Crippen molar-refractivity contribution in [2.75, 3.05) is 0 Å². The van der Waals surface area contributed by atoms with E-state index in [2.05, 4.69) is 12.3 Å². The summed E-state index contributed by atoms with van der Waals surface area (Å²) in [5.74, 6) is 0. The van der Waals surface area contributed by atoms with Gasteiger partial charge in [-0.05, 0) is 0 Å². The number of hydrogen-bond donors (Lipinski definition) is 1. The quantitative estimate of drug-likeness (QED) is 0.573. The van der Waals surface area contributed by atoms with E-state index in [0.29, 0.717) is 0 Å². The van der Waals surface area contributed by atoms with Gasteiger partial charge in [-0.3, -0.25) is 0 Å². The molecule has 0 fully saturated rings. The Kier molecular flexibility index (Phi) is 23.6. The standard InChI is InChI=1S/C2H4N.W/c1-2-3;/h1-2H,3H2;/q-1;. The van der Waals surface area contributed by atoms with Crippen LogP contribution in [0.4, 0.5) is 0 Å². The SMILES string of the molecule is [CH-]=CN.[W]. The first-order valence-electron chi connectivity index (χ1n) is 0.667. The number of nitrogens with two attached hydrogens (primary N) is 1. The molecule has 0 aliphatic carbocycles. The topological polar surface area (TPSA) is 26.0 Å². The molecule has 0 amide bonds. The van der Waals surface area contributed by atoms with E-state index in [4.69, 9.17) is 0 Å². The minimum absolute atomic E-state index is 0. The van der Waals surface area contributed by atoms with E-state index in [0.717, 1.165) is 6.20 Å². The van der Waals surface area contributed by atoms with E-state index in [-0.39, 0.29) is 21.1 Å². The van der Waals surface area contributed by atoms with E-state index in [1.165, 1.54) is 0 Å². The largest absolute Gasteiger partial charge is 0.497 e. The van der Waals surface area contributed by atoms with Crippen LogP contribution in [0.25, 0.3) is 0 Å². The van der Waals surface area contributed by atoms with Crippen molar-refractivity contribution in [3.05, 3.63) is 12.8 Å². The fourth-order valence-electron chi connectivity index (χ4n) is 0. The zero-order chi connectivity index (χ0) is 2.71. The second-order valence-electron chi connectivity index (χ2n) is 0.192. The zero-order valence-electron chi connectivity index (χ0n) is 2.14. The van der Waals surface area contributed by atoms with Crippen LogP contribution in [0.1, 0.15) is 0 Å². The molecule has 24 valence electrons. The molecular formula is C2H4NW-. The van der Waals surface area contributed by atoms with Gasteiger partial charge in [-0.15, -0.1) is 0 Å². The predicted molar refractivity (Wildman–Crippen MR) is 13.1 cm³/mol. The van der Waals surface area contributed by atoms with Crippen molar-refractivity contribution in [3.63, 3.8) is 0 Å². The third-order valence-corrected chi connectivity index (χ3v) is 0. The Hall–Kier alpha value is 0.228. The summed E-state index contributed by atoms with van der Waals surface area (Å²) in [7, 11) is 0. The molecule has 0 spiro atoms. The summed E-state index contributed by atoms with van der Waals surface area (Å²) in [5, 5.41) is 0. The van der Waals surface area contributed by atoms with E-state index < -0.39 is 0 Å². The van der Waals surface area contributed by atoms with Crippen molar-refractivity contribution in [2.24, 2.45) is 5.73 Å². The summed E-state index contributed by atoms with van der Waals surface area (Å²) in [5.41, 5.74) is 4.50. The molecule has 1 nitrogen and oxygen atoms in total. The average molecular weight is 226 g/mol. The van der Waals surface area contributed by atoms with Gasteiger partial charge in [0, 0.05) is 21.1 Å². The molecule has 0 saturated carbocycles. The first-order chi connectivity index (χ1) is 1.41. The second kappa shape index (κ2) is 10.6. The van der Waals surface area contributed by atoms with Crippen molar-refractivity contribution in [3.8, 4) is 0 Å². The van der Waals surface area contributed by atoms with E-state index >= 15 is 0 Å². The van der Waals surface area contributed by atoms with Gasteiger partial charge in [-0.1, -0.05) is 0 Å². The molecule has 0 atom stereocenters. The molecular weight excluding hydrogens is 222 g/mol. The minimum atomic E-state index is 0. The molecule has 0 aromatic heterocycles. The van der Waals surface area contributed by atoms with Crippen LogP contribution in [-0.4, -0.2) is 0 Å². The first kappa shape index (κ1) is 8.87. The average Bonchev–Trinajstić information content (AvgIpc) is 0.918. The van der Waals surface area contributed by atoms with Crippen LogP contribution in [0.5, 0.6) is 0 Å². The van der Waals surface area contributed by atoms with E-state index in [1.54, 1.807) is 0 Å². The number of rotatable bonds is 0. The maximum absolute atomic E-state index is 4.50. The molecule has 0 heterocycles. The maximum Gasteiger partial charge on any atom is 0 e. The van der Waals surface area contributed by atoms with Crippen LogP contribution in [0.15, 0.2) is 6.20 Å². The molecule has 0 aliphatic rings. The van der Waals surface area contributed by atoms with Crippen molar-refractivity contribution in [1.29, 1.82) is 0 Å². The number of hydrogen-bond acceptors (Lipinski definition) is 1. The molecule has 0 unspecified atom stereocenters. The Morgan fingerprint density at radius 2 is 1.75 bits per heavy atom. The predicted octanol–water partition coefficient (Wildman–Crippen LogP) is -0.111. The van der Waals surface area contributed by atoms with Gasteiger partial charge in [0.05, 0.1) is 0 Å². The smallest absolute Gasteiger partial charge is 0 e. The van der Waals surface area contributed by atoms with Crippen LogP contribution >= 0.6 is 0 Å². The van der Waals surface area contributed by atoms with Gasteiger partial charge in [0.15, 0.2) is 0 Å². The summed E-state index contributed by atoms with van der Waals surface area (Å²) >= 11 is 0. The third kappa shape index (κ3) is 64.5. The summed E-state index contributed by atoms with van der Waals surface area (Å²) in [6, 6.07) is 0. The maximum atomic E-state index is 4.50. The monoisotopic (exact) mass is 226 g/mol. The van der Waals surface area contributed by atoms with Crippen molar-refractivity contribution in [1.82, 2.24) is 0 Å². The zero-order valence-corrected chi connectivity index (χ0v) is 5.07. The summed E-state index contributed by atoms with van der Waals surface area (Å²) in [6.07, 6.45) is 1.00. The van der Waals surface area contributed by atoms with Gasteiger partial charge in [-0.25, -0.2) is 0 Å². The summed E-state index contributed by atoms with van der Waals surface area (Å²) in [4.78, 5) is 0. The molecule has 0 aromatic rings. The molecule has 0 bridgehead atoms. The van der Waals surface area contributed by atoms with Crippen molar-refractivity contribution >= 4 is 0 Å². The molecule has 0 rings (SSSR count). The fourth-order valence-corrected chi connectivity index (χ4v) is 0. The van der Waals surface area contributed by atoms with Crippen LogP contribution in [0.3, 0.4) is 0 Å². The Labute approximate surface area is 40.1 Å². The van der Waals surface area contributed by atoms with Gasteiger partial charge in [0.2, 0.25) is 0 Å². The van der Waals surface area contributed by atoms with Gasteiger partial charge in [-0.2, -0.15) is 6.20 Å². The first-order valence-corrected chi connectivity index (χ1v) is 0.667. The van der Waals surface area contributed by atoms with Gasteiger partial charge < -0.3 is 12.3 Å². The molecule has 0 saturated heterocycles.